The maximum atomic E-state index is 13.5. The maximum absolute atomic E-state index is 13.5. The fraction of sp³-hybridized carbons (Fsp3) is 0.364. The van der Waals surface area contributed by atoms with Gasteiger partial charge in [0.15, 0.2) is 12.5 Å². The summed E-state index contributed by atoms with van der Waals surface area (Å²) in [6.45, 7) is 0.500. The van der Waals surface area contributed by atoms with Crippen LogP contribution in [0.4, 0.5) is 10.1 Å². The van der Waals surface area contributed by atoms with Crippen LogP contribution in [0.15, 0.2) is 27.8 Å². The molecule has 0 spiro atoms. The minimum absolute atomic E-state index is 0.135. The van der Waals surface area contributed by atoms with E-state index in [1.165, 1.54) is 6.07 Å². The van der Waals surface area contributed by atoms with Gasteiger partial charge in [-0.1, -0.05) is 5.11 Å². The summed E-state index contributed by atoms with van der Waals surface area (Å²) in [5.41, 5.74) is 8.81. The largest absolute Gasteiger partial charge is 0.346 e. The summed E-state index contributed by atoms with van der Waals surface area (Å²) in [5, 5.41) is 3.41. The normalized spacial score (nSPS) is 22.1. The standard InChI is InChI=1S/C11H10BrFN4O2/c12-9-2-1-7(3-10(9)13)17-5-8(4-15-16-14)19-11(17)6-18/h1-3,6,8,11H,4-5H2. The Morgan fingerprint density at radius 2 is 2.47 bits per heavy atom. The Bertz CT molecular complexity index is 535. The highest BCUT2D eigenvalue weighted by atomic mass is 79.9. The van der Waals surface area contributed by atoms with E-state index in [2.05, 4.69) is 26.0 Å². The number of carbonyl (C=O) groups is 1. The minimum Gasteiger partial charge on any atom is -0.346 e. The van der Waals surface area contributed by atoms with Gasteiger partial charge in [-0.25, -0.2) is 4.39 Å². The van der Waals surface area contributed by atoms with Gasteiger partial charge in [0.05, 0.1) is 17.1 Å². The average molecular weight is 329 g/mol. The Balaban J connectivity index is 2.19. The van der Waals surface area contributed by atoms with Gasteiger partial charge in [-0.15, -0.1) is 0 Å². The lowest BCUT2D eigenvalue weighted by atomic mass is 10.2. The van der Waals surface area contributed by atoms with Crippen LogP contribution in [0.25, 0.3) is 10.4 Å². The zero-order valence-electron chi connectivity index (χ0n) is 9.74. The molecule has 1 aromatic rings. The molecule has 0 amide bonds. The number of hydrogen-bond donors (Lipinski definition) is 0. The molecule has 0 bridgehead atoms. The van der Waals surface area contributed by atoms with Crippen LogP contribution in [0.2, 0.25) is 0 Å². The van der Waals surface area contributed by atoms with Crippen molar-refractivity contribution in [2.75, 3.05) is 18.0 Å². The molecule has 1 aliphatic rings. The van der Waals surface area contributed by atoms with Gasteiger partial charge in [-0.2, -0.15) is 0 Å². The number of hydrogen-bond acceptors (Lipinski definition) is 4. The number of azide groups is 1. The predicted molar refractivity (Wildman–Crippen MR) is 70.2 cm³/mol. The zero-order valence-corrected chi connectivity index (χ0v) is 11.3. The van der Waals surface area contributed by atoms with Crippen molar-refractivity contribution < 1.29 is 13.9 Å². The summed E-state index contributed by atoms with van der Waals surface area (Å²) in [6, 6.07) is 4.57. The van der Waals surface area contributed by atoms with Crippen LogP contribution >= 0.6 is 15.9 Å². The Labute approximate surface area is 116 Å². The van der Waals surface area contributed by atoms with Gasteiger partial charge in [0, 0.05) is 17.1 Å². The van der Waals surface area contributed by atoms with Gasteiger partial charge in [0.2, 0.25) is 0 Å². The van der Waals surface area contributed by atoms with E-state index < -0.39 is 12.0 Å². The second-order valence-electron chi connectivity index (χ2n) is 3.95. The summed E-state index contributed by atoms with van der Waals surface area (Å²) in [5.74, 6) is -0.416. The Hall–Kier alpha value is -1.63. The molecule has 1 fully saturated rings. The smallest absolute Gasteiger partial charge is 0.187 e. The van der Waals surface area contributed by atoms with Crippen LogP contribution in [0.5, 0.6) is 0 Å². The highest BCUT2D eigenvalue weighted by molar-refractivity contribution is 9.10. The van der Waals surface area contributed by atoms with E-state index in [4.69, 9.17) is 10.3 Å². The topological polar surface area (TPSA) is 78.3 Å². The Morgan fingerprint density at radius 3 is 3.11 bits per heavy atom. The number of aldehydes is 1. The van der Waals surface area contributed by atoms with Crippen molar-refractivity contribution in [2.45, 2.75) is 12.3 Å². The van der Waals surface area contributed by atoms with E-state index in [-0.39, 0.29) is 12.6 Å². The van der Waals surface area contributed by atoms with Gasteiger partial charge in [0.25, 0.3) is 0 Å². The van der Waals surface area contributed by atoms with E-state index in [0.29, 0.717) is 23.0 Å². The van der Waals surface area contributed by atoms with Gasteiger partial charge in [0.1, 0.15) is 5.82 Å². The van der Waals surface area contributed by atoms with Crippen LogP contribution < -0.4 is 4.90 Å². The fourth-order valence-electron chi connectivity index (χ4n) is 1.89. The molecule has 8 heteroatoms. The minimum atomic E-state index is -0.792. The molecule has 19 heavy (non-hydrogen) atoms. The number of anilines is 1. The lowest BCUT2D eigenvalue weighted by Gasteiger charge is -2.20. The maximum Gasteiger partial charge on any atom is 0.187 e. The van der Waals surface area contributed by atoms with Crippen molar-refractivity contribution in [2.24, 2.45) is 5.11 Å². The Morgan fingerprint density at radius 1 is 1.68 bits per heavy atom. The predicted octanol–water partition coefficient (Wildman–Crippen LogP) is 2.63. The van der Waals surface area contributed by atoms with Gasteiger partial charge < -0.3 is 9.64 Å². The van der Waals surface area contributed by atoms with Crippen LogP contribution in [0.3, 0.4) is 0 Å². The van der Waals surface area contributed by atoms with Crippen LogP contribution in [0, 0.1) is 5.82 Å². The van der Waals surface area contributed by atoms with E-state index in [1.54, 1.807) is 17.0 Å². The van der Waals surface area contributed by atoms with Crippen molar-refractivity contribution in [3.05, 3.63) is 38.9 Å². The SMILES string of the molecule is [N-]=[N+]=NCC1CN(c2ccc(Br)c(F)c2)C(C=O)O1. The van der Waals surface area contributed by atoms with E-state index in [0.717, 1.165) is 0 Å². The van der Waals surface area contributed by atoms with Crippen LogP contribution in [0.1, 0.15) is 0 Å². The molecule has 1 aromatic carbocycles. The molecule has 2 atom stereocenters. The third-order valence-corrected chi connectivity index (χ3v) is 3.38. The molecule has 2 unspecified atom stereocenters. The van der Waals surface area contributed by atoms with Gasteiger partial charge >= 0.3 is 0 Å². The molecular formula is C11H10BrFN4O2. The first-order valence-corrected chi connectivity index (χ1v) is 6.28. The van der Waals surface area contributed by atoms with E-state index in [9.17, 15) is 9.18 Å². The molecule has 0 saturated carbocycles. The first-order chi connectivity index (χ1) is 9.15. The zero-order chi connectivity index (χ0) is 13.8. The number of carbonyl (C=O) groups excluding carboxylic acids is 1. The van der Waals surface area contributed by atoms with Crippen molar-refractivity contribution in [1.82, 2.24) is 0 Å². The molecular weight excluding hydrogens is 319 g/mol. The van der Waals surface area contributed by atoms with Crippen molar-refractivity contribution in [3.8, 4) is 0 Å². The first kappa shape index (κ1) is 13.8. The number of nitrogens with zero attached hydrogens (tertiary/aromatic N) is 4. The lowest BCUT2D eigenvalue weighted by molar-refractivity contribution is -0.117. The van der Waals surface area contributed by atoms with E-state index >= 15 is 0 Å². The summed E-state index contributed by atoms with van der Waals surface area (Å²) >= 11 is 3.07. The highest BCUT2D eigenvalue weighted by Crippen LogP contribution is 2.27. The molecule has 0 aliphatic carbocycles. The highest BCUT2D eigenvalue weighted by Gasteiger charge is 2.32. The molecule has 0 N–H and O–H groups in total. The molecule has 6 nitrogen and oxygen atoms in total. The number of halogens is 2. The monoisotopic (exact) mass is 328 g/mol. The third kappa shape index (κ3) is 3.04. The second-order valence-corrected chi connectivity index (χ2v) is 4.80. The van der Waals surface area contributed by atoms with Crippen LogP contribution in [-0.4, -0.2) is 31.7 Å². The molecule has 1 aliphatic heterocycles. The summed E-state index contributed by atoms with van der Waals surface area (Å²) in [7, 11) is 0. The number of benzene rings is 1. The molecule has 2 rings (SSSR count). The second kappa shape index (κ2) is 6.01. The first-order valence-electron chi connectivity index (χ1n) is 5.49. The van der Waals surface area contributed by atoms with Crippen molar-refractivity contribution in [3.63, 3.8) is 0 Å². The molecule has 100 valence electrons. The van der Waals surface area contributed by atoms with Crippen molar-refractivity contribution >= 4 is 27.9 Å². The lowest BCUT2D eigenvalue weighted by Crippen LogP contribution is -2.31. The Kier molecular flexibility index (Phi) is 4.36. The fourth-order valence-corrected chi connectivity index (χ4v) is 2.13. The quantitative estimate of drug-likeness (QED) is 0.369. The summed E-state index contributed by atoms with van der Waals surface area (Å²) < 4.78 is 19.3. The van der Waals surface area contributed by atoms with E-state index in [1.807, 2.05) is 0 Å². The molecule has 1 heterocycles. The summed E-state index contributed by atoms with van der Waals surface area (Å²) in [4.78, 5) is 15.3. The third-order valence-electron chi connectivity index (χ3n) is 2.74. The molecule has 1 saturated heterocycles. The summed E-state index contributed by atoms with van der Waals surface area (Å²) in [6.07, 6.45) is -0.534. The molecule has 0 aromatic heterocycles. The van der Waals surface area contributed by atoms with Gasteiger partial charge in [-0.3, -0.25) is 4.79 Å². The molecule has 0 radical (unpaired) electrons. The number of ether oxygens (including phenoxy) is 1. The van der Waals surface area contributed by atoms with Crippen molar-refractivity contribution in [1.29, 1.82) is 0 Å². The number of rotatable bonds is 4. The average Bonchev–Trinajstić information content (AvgIpc) is 2.83. The van der Waals surface area contributed by atoms with Gasteiger partial charge in [-0.05, 0) is 39.7 Å². The van der Waals surface area contributed by atoms with Crippen LogP contribution in [-0.2, 0) is 9.53 Å².